The quantitative estimate of drug-likeness (QED) is 0.686. The fraction of sp³-hybridized carbons (Fsp3) is 0.381. The second kappa shape index (κ2) is 8.53. The number of hydrogen-bond acceptors (Lipinski definition) is 2. The maximum Gasteiger partial charge on any atom is 0.418 e. The number of halogens is 4. The van der Waals surface area contributed by atoms with Crippen LogP contribution in [0.15, 0.2) is 42.5 Å². The molecule has 3 rings (SSSR count). The van der Waals surface area contributed by atoms with Crippen molar-refractivity contribution in [2.75, 3.05) is 18.4 Å². The van der Waals surface area contributed by atoms with Crippen molar-refractivity contribution in [2.24, 2.45) is 5.92 Å². The number of amides is 1. The largest absolute Gasteiger partial charge is 0.418 e. The SMILES string of the molecule is C[C@@H]1CCCN(Cc2ccc(C(=O)Nc3ccc(Cl)cc3C(F)(F)F)cc2)C1. The fourth-order valence-corrected chi connectivity index (χ4v) is 3.68. The number of alkyl halides is 3. The van der Waals surface area contributed by atoms with Gasteiger partial charge in [-0.25, -0.2) is 0 Å². The van der Waals surface area contributed by atoms with Crippen LogP contribution in [0.2, 0.25) is 5.02 Å². The van der Waals surface area contributed by atoms with Gasteiger partial charge >= 0.3 is 6.18 Å². The van der Waals surface area contributed by atoms with Crippen molar-refractivity contribution >= 4 is 23.2 Å². The van der Waals surface area contributed by atoms with E-state index in [9.17, 15) is 18.0 Å². The van der Waals surface area contributed by atoms with E-state index < -0.39 is 17.6 Å². The van der Waals surface area contributed by atoms with Gasteiger partial charge < -0.3 is 5.32 Å². The van der Waals surface area contributed by atoms with E-state index in [4.69, 9.17) is 11.6 Å². The molecular weight excluding hydrogens is 389 g/mol. The van der Waals surface area contributed by atoms with Gasteiger partial charge in [-0.1, -0.05) is 30.7 Å². The lowest BCUT2D eigenvalue weighted by molar-refractivity contribution is -0.136. The van der Waals surface area contributed by atoms with Gasteiger partial charge in [0.05, 0.1) is 11.3 Å². The Bertz CT molecular complexity index is 837. The lowest BCUT2D eigenvalue weighted by Gasteiger charge is -2.30. The molecule has 2 aromatic carbocycles. The Morgan fingerprint density at radius 3 is 2.57 bits per heavy atom. The van der Waals surface area contributed by atoms with E-state index in [-0.39, 0.29) is 10.7 Å². The van der Waals surface area contributed by atoms with Gasteiger partial charge in [-0.05, 0) is 61.2 Å². The Kier molecular flexibility index (Phi) is 6.30. The number of carbonyl (C=O) groups excluding carboxylic acids is 1. The van der Waals surface area contributed by atoms with E-state index in [1.165, 1.54) is 18.9 Å². The second-order valence-electron chi connectivity index (χ2n) is 7.32. The summed E-state index contributed by atoms with van der Waals surface area (Å²) in [6.45, 7) is 5.16. The lowest BCUT2D eigenvalue weighted by Crippen LogP contribution is -2.33. The zero-order chi connectivity index (χ0) is 20.3. The summed E-state index contributed by atoms with van der Waals surface area (Å²) in [4.78, 5) is 14.8. The van der Waals surface area contributed by atoms with E-state index in [1.54, 1.807) is 12.1 Å². The lowest BCUT2D eigenvalue weighted by atomic mass is 9.99. The maximum atomic E-state index is 13.2. The molecule has 0 radical (unpaired) electrons. The van der Waals surface area contributed by atoms with Crippen molar-refractivity contribution in [3.8, 4) is 0 Å². The average Bonchev–Trinajstić information content (AvgIpc) is 2.63. The maximum absolute atomic E-state index is 13.2. The minimum atomic E-state index is -4.61. The summed E-state index contributed by atoms with van der Waals surface area (Å²) in [5.74, 6) is 0.0898. The molecule has 0 unspecified atom stereocenters. The normalized spacial score (nSPS) is 18.1. The Morgan fingerprint density at radius 1 is 1.21 bits per heavy atom. The van der Waals surface area contributed by atoms with Crippen LogP contribution in [0, 0.1) is 5.92 Å². The molecule has 0 aromatic heterocycles. The molecule has 1 N–H and O–H groups in total. The van der Waals surface area contributed by atoms with Crippen LogP contribution in [-0.4, -0.2) is 23.9 Å². The number of carbonyl (C=O) groups is 1. The first kappa shape index (κ1) is 20.7. The number of nitrogens with zero attached hydrogens (tertiary/aromatic N) is 1. The molecule has 0 aliphatic carbocycles. The molecule has 1 aliphatic rings. The number of piperidine rings is 1. The topological polar surface area (TPSA) is 32.3 Å². The standard InChI is InChI=1S/C21H22ClF3N2O/c1-14-3-2-10-27(12-14)13-15-4-6-16(7-5-15)20(28)26-19-9-8-17(22)11-18(19)21(23,24)25/h4-9,11,14H,2-3,10,12-13H2,1H3,(H,26,28)/t14-/m1/s1. The number of hydrogen-bond donors (Lipinski definition) is 1. The Balaban J connectivity index is 1.69. The van der Waals surface area contributed by atoms with Crippen molar-refractivity contribution in [3.63, 3.8) is 0 Å². The van der Waals surface area contributed by atoms with Crippen LogP contribution in [0.5, 0.6) is 0 Å². The van der Waals surface area contributed by atoms with E-state index in [1.807, 2.05) is 12.1 Å². The molecule has 2 aromatic rings. The monoisotopic (exact) mass is 410 g/mol. The summed E-state index contributed by atoms with van der Waals surface area (Å²) < 4.78 is 39.5. The average molecular weight is 411 g/mol. The van der Waals surface area contributed by atoms with Crippen LogP contribution in [0.3, 0.4) is 0 Å². The molecule has 1 saturated heterocycles. The molecule has 150 valence electrons. The van der Waals surface area contributed by atoms with Gasteiger partial charge in [-0.3, -0.25) is 9.69 Å². The third-order valence-corrected chi connectivity index (χ3v) is 5.13. The molecule has 28 heavy (non-hydrogen) atoms. The first-order valence-corrected chi connectivity index (χ1v) is 9.59. The van der Waals surface area contributed by atoms with Crippen LogP contribution in [0.1, 0.15) is 41.3 Å². The van der Waals surface area contributed by atoms with Gasteiger partial charge in [0.2, 0.25) is 0 Å². The Labute approximate surface area is 167 Å². The molecule has 1 atom stereocenters. The van der Waals surface area contributed by atoms with E-state index in [0.29, 0.717) is 11.5 Å². The Morgan fingerprint density at radius 2 is 1.93 bits per heavy atom. The highest BCUT2D eigenvalue weighted by molar-refractivity contribution is 6.30. The van der Waals surface area contributed by atoms with Gasteiger partial charge in [0.15, 0.2) is 0 Å². The Hall–Kier alpha value is -2.05. The molecule has 0 saturated carbocycles. The van der Waals surface area contributed by atoms with Crippen LogP contribution in [0.25, 0.3) is 0 Å². The van der Waals surface area contributed by atoms with Crippen molar-refractivity contribution in [1.29, 1.82) is 0 Å². The molecule has 0 spiro atoms. The molecule has 1 heterocycles. The molecule has 3 nitrogen and oxygen atoms in total. The van der Waals surface area contributed by atoms with E-state index >= 15 is 0 Å². The van der Waals surface area contributed by atoms with Crippen LogP contribution in [-0.2, 0) is 12.7 Å². The summed E-state index contributed by atoms with van der Waals surface area (Å²) in [5, 5.41) is 2.30. The first-order chi connectivity index (χ1) is 13.2. The van der Waals surface area contributed by atoms with Crippen molar-refractivity contribution < 1.29 is 18.0 Å². The van der Waals surface area contributed by atoms with Gasteiger partial charge in [-0.2, -0.15) is 13.2 Å². The number of nitrogens with one attached hydrogen (secondary N) is 1. The number of rotatable bonds is 4. The predicted molar refractivity (Wildman–Crippen MR) is 105 cm³/mol. The van der Waals surface area contributed by atoms with Gasteiger partial charge in [0.1, 0.15) is 0 Å². The highest BCUT2D eigenvalue weighted by atomic mass is 35.5. The molecular formula is C21H22ClF3N2O. The highest BCUT2D eigenvalue weighted by Crippen LogP contribution is 2.36. The van der Waals surface area contributed by atoms with Crippen molar-refractivity contribution in [1.82, 2.24) is 4.90 Å². The van der Waals surface area contributed by atoms with Crippen molar-refractivity contribution in [3.05, 3.63) is 64.2 Å². The number of benzene rings is 2. The second-order valence-corrected chi connectivity index (χ2v) is 7.76. The van der Waals surface area contributed by atoms with E-state index in [2.05, 4.69) is 17.1 Å². The molecule has 1 fully saturated rings. The first-order valence-electron chi connectivity index (χ1n) is 9.22. The third-order valence-electron chi connectivity index (χ3n) is 4.90. The summed E-state index contributed by atoms with van der Waals surface area (Å²) >= 11 is 5.67. The molecule has 0 bridgehead atoms. The predicted octanol–water partition coefficient (Wildman–Crippen LogP) is 5.84. The van der Waals surface area contributed by atoms with Crippen LogP contribution in [0.4, 0.5) is 18.9 Å². The molecule has 1 amide bonds. The fourth-order valence-electron chi connectivity index (χ4n) is 3.50. The smallest absolute Gasteiger partial charge is 0.321 e. The number of anilines is 1. The molecule has 7 heteroatoms. The van der Waals surface area contributed by atoms with Crippen LogP contribution < -0.4 is 5.32 Å². The summed E-state index contributed by atoms with van der Waals surface area (Å²) in [7, 11) is 0. The van der Waals surface area contributed by atoms with E-state index in [0.717, 1.165) is 37.3 Å². The third kappa shape index (κ3) is 5.26. The summed E-state index contributed by atoms with van der Waals surface area (Å²) in [6, 6.07) is 10.3. The van der Waals surface area contributed by atoms with Gasteiger partial charge in [0, 0.05) is 23.7 Å². The van der Waals surface area contributed by atoms with Gasteiger partial charge in [0.25, 0.3) is 5.91 Å². The minimum Gasteiger partial charge on any atom is -0.321 e. The summed E-state index contributed by atoms with van der Waals surface area (Å²) in [6.07, 6.45) is -2.17. The molecule has 1 aliphatic heterocycles. The zero-order valence-electron chi connectivity index (χ0n) is 15.5. The number of likely N-dealkylation sites (tertiary alicyclic amines) is 1. The summed E-state index contributed by atoms with van der Waals surface area (Å²) in [5.41, 5.74) is 0.101. The minimum absolute atomic E-state index is 0.0401. The zero-order valence-corrected chi connectivity index (χ0v) is 16.3. The van der Waals surface area contributed by atoms with Crippen LogP contribution >= 0.6 is 11.6 Å². The highest BCUT2D eigenvalue weighted by Gasteiger charge is 2.34. The van der Waals surface area contributed by atoms with Gasteiger partial charge in [-0.15, -0.1) is 0 Å². The van der Waals surface area contributed by atoms with Crippen molar-refractivity contribution in [2.45, 2.75) is 32.5 Å².